The fraction of sp³-hybridized carbons (Fsp3) is 0.571. The van der Waals surface area contributed by atoms with Crippen molar-refractivity contribution in [1.82, 2.24) is 10.2 Å². The number of thioether (sulfide) groups is 1. The highest BCUT2D eigenvalue weighted by Gasteiger charge is 2.24. The molecule has 1 rings (SSSR count). The van der Waals surface area contributed by atoms with Crippen molar-refractivity contribution in [3.05, 3.63) is 34.9 Å². The third-order valence-corrected chi connectivity index (χ3v) is 4.91. The summed E-state index contributed by atoms with van der Waals surface area (Å²) in [5.74, 6) is 0.0231. The lowest BCUT2D eigenvalue weighted by atomic mass is 10.1. The number of ether oxygens (including phenoxy) is 1. The van der Waals surface area contributed by atoms with Crippen molar-refractivity contribution in [3.63, 3.8) is 0 Å². The zero-order chi connectivity index (χ0) is 22.0. The molecule has 0 saturated heterocycles. The SMILES string of the molecule is CC(=O)SCCN(CCCc1ccc(Cl)cc1)C(=O)N[C@@H](C)C(=O)OC(C)(C)C. The van der Waals surface area contributed by atoms with Crippen molar-refractivity contribution in [2.24, 2.45) is 0 Å². The molecule has 0 aliphatic carbocycles. The Morgan fingerprint density at radius 1 is 1.17 bits per heavy atom. The van der Waals surface area contributed by atoms with Gasteiger partial charge in [-0.25, -0.2) is 9.59 Å². The lowest BCUT2D eigenvalue weighted by Gasteiger charge is -2.26. The van der Waals surface area contributed by atoms with Crippen LogP contribution >= 0.6 is 23.4 Å². The number of aryl methyl sites for hydroxylation is 1. The molecule has 0 fully saturated rings. The standard InChI is InChI=1S/C21H31ClN2O4S/c1-15(19(26)28-21(3,4)5)23-20(27)24(13-14-29-16(2)25)12-6-7-17-8-10-18(22)11-9-17/h8-11,15H,6-7,12-14H2,1-5H3,(H,23,27)/t15-/m0/s1. The summed E-state index contributed by atoms with van der Waals surface area (Å²) in [5.41, 5.74) is 0.516. The lowest BCUT2D eigenvalue weighted by molar-refractivity contribution is -0.156. The molecule has 0 saturated carbocycles. The molecule has 1 aromatic rings. The molecule has 29 heavy (non-hydrogen) atoms. The van der Waals surface area contributed by atoms with E-state index in [1.54, 1.807) is 32.6 Å². The molecule has 1 N–H and O–H groups in total. The van der Waals surface area contributed by atoms with E-state index in [4.69, 9.17) is 16.3 Å². The fourth-order valence-corrected chi connectivity index (χ4v) is 3.19. The molecule has 0 aromatic heterocycles. The first-order valence-electron chi connectivity index (χ1n) is 9.64. The van der Waals surface area contributed by atoms with Crippen molar-refractivity contribution in [3.8, 4) is 0 Å². The first-order valence-corrected chi connectivity index (χ1v) is 11.0. The minimum absolute atomic E-state index is 0.00801. The maximum atomic E-state index is 12.7. The van der Waals surface area contributed by atoms with Gasteiger partial charge in [0, 0.05) is 30.8 Å². The van der Waals surface area contributed by atoms with Crippen LogP contribution in [-0.2, 0) is 20.7 Å². The Bertz CT molecular complexity index is 689. The molecule has 0 bridgehead atoms. The summed E-state index contributed by atoms with van der Waals surface area (Å²) in [6.07, 6.45) is 1.54. The van der Waals surface area contributed by atoms with E-state index in [0.717, 1.165) is 18.4 Å². The minimum Gasteiger partial charge on any atom is -0.458 e. The molecule has 1 atom stereocenters. The molecule has 1 aromatic carbocycles. The van der Waals surface area contributed by atoms with E-state index in [1.807, 2.05) is 24.3 Å². The summed E-state index contributed by atoms with van der Waals surface area (Å²) in [6, 6.07) is 6.50. The van der Waals surface area contributed by atoms with Crippen LogP contribution in [0.4, 0.5) is 4.79 Å². The molecular formula is C21H31ClN2O4S. The highest BCUT2D eigenvalue weighted by atomic mass is 35.5. The average molecular weight is 443 g/mol. The predicted molar refractivity (Wildman–Crippen MR) is 118 cm³/mol. The van der Waals surface area contributed by atoms with E-state index in [-0.39, 0.29) is 11.1 Å². The van der Waals surface area contributed by atoms with Crippen molar-refractivity contribution in [2.45, 2.75) is 59.1 Å². The largest absolute Gasteiger partial charge is 0.458 e. The fourth-order valence-electron chi connectivity index (χ4n) is 2.47. The number of nitrogens with zero attached hydrogens (tertiary/aromatic N) is 1. The van der Waals surface area contributed by atoms with Crippen LogP contribution in [0.25, 0.3) is 0 Å². The highest BCUT2D eigenvalue weighted by molar-refractivity contribution is 8.13. The number of esters is 1. The Hall–Kier alpha value is -1.73. The number of urea groups is 1. The van der Waals surface area contributed by atoms with Gasteiger partial charge in [0.15, 0.2) is 5.12 Å². The Kier molecular flexibility index (Phi) is 10.5. The first-order chi connectivity index (χ1) is 13.5. The molecule has 162 valence electrons. The number of halogens is 1. The zero-order valence-electron chi connectivity index (χ0n) is 17.8. The second-order valence-electron chi connectivity index (χ2n) is 7.76. The summed E-state index contributed by atoms with van der Waals surface area (Å²) < 4.78 is 5.31. The monoisotopic (exact) mass is 442 g/mol. The Balaban J connectivity index is 2.63. The van der Waals surface area contributed by atoms with Gasteiger partial charge in [-0.2, -0.15) is 0 Å². The quantitative estimate of drug-likeness (QED) is 0.577. The summed E-state index contributed by atoms with van der Waals surface area (Å²) in [4.78, 5) is 37.6. The third-order valence-electron chi connectivity index (χ3n) is 3.86. The number of hydrogen-bond donors (Lipinski definition) is 1. The number of carbonyl (C=O) groups excluding carboxylic acids is 3. The Morgan fingerprint density at radius 2 is 1.79 bits per heavy atom. The molecule has 8 heteroatoms. The van der Waals surface area contributed by atoms with E-state index in [9.17, 15) is 14.4 Å². The molecular weight excluding hydrogens is 412 g/mol. The van der Waals surface area contributed by atoms with Crippen molar-refractivity contribution in [1.29, 1.82) is 0 Å². The molecule has 6 nitrogen and oxygen atoms in total. The molecule has 0 spiro atoms. The van der Waals surface area contributed by atoms with E-state index in [1.165, 1.54) is 18.7 Å². The third kappa shape index (κ3) is 11.1. The van der Waals surface area contributed by atoms with Crippen LogP contribution in [-0.4, -0.2) is 52.5 Å². The molecule has 2 amide bonds. The van der Waals surface area contributed by atoms with E-state index >= 15 is 0 Å². The lowest BCUT2D eigenvalue weighted by Crippen LogP contribution is -2.49. The van der Waals surface area contributed by atoms with Crippen LogP contribution in [0.3, 0.4) is 0 Å². The van der Waals surface area contributed by atoms with Gasteiger partial charge in [-0.1, -0.05) is 35.5 Å². The second-order valence-corrected chi connectivity index (χ2v) is 9.47. The molecule has 0 aliphatic rings. The van der Waals surface area contributed by atoms with Gasteiger partial charge in [-0.05, 0) is 58.2 Å². The van der Waals surface area contributed by atoms with Crippen LogP contribution in [0.2, 0.25) is 5.02 Å². The smallest absolute Gasteiger partial charge is 0.328 e. The number of hydrogen-bond acceptors (Lipinski definition) is 5. The van der Waals surface area contributed by atoms with Gasteiger partial charge < -0.3 is 15.0 Å². The topological polar surface area (TPSA) is 75.7 Å². The molecule has 0 heterocycles. The second kappa shape index (κ2) is 12.1. The van der Waals surface area contributed by atoms with Gasteiger partial charge in [-0.15, -0.1) is 0 Å². The van der Waals surface area contributed by atoms with Gasteiger partial charge in [-0.3, -0.25) is 4.79 Å². The Labute approximate surface area is 182 Å². The number of rotatable bonds is 9. The van der Waals surface area contributed by atoms with Gasteiger partial charge in [0.1, 0.15) is 11.6 Å². The van der Waals surface area contributed by atoms with Gasteiger partial charge >= 0.3 is 12.0 Å². The molecule has 0 unspecified atom stereocenters. The molecule has 0 radical (unpaired) electrons. The predicted octanol–water partition coefficient (Wildman–Crippen LogP) is 4.29. The van der Waals surface area contributed by atoms with Crippen molar-refractivity contribution >= 4 is 40.5 Å². The van der Waals surface area contributed by atoms with Gasteiger partial charge in [0.25, 0.3) is 0 Å². The minimum atomic E-state index is -0.763. The van der Waals surface area contributed by atoms with E-state index in [2.05, 4.69) is 5.32 Å². The van der Waals surface area contributed by atoms with Crippen LogP contribution in [0.15, 0.2) is 24.3 Å². The highest BCUT2D eigenvalue weighted by Crippen LogP contribution is 2.12. The Morgan fingerprint density at radius 3 is 2.34 bits per heavy atom. The van der Waals surface area contributed by atoms with Crippen molar-refractivity contribution < 1.29 is 19.1 Å². The van der Waals surface area contributed by atoms with Crippen LogP contribution in [0.1, 0.15) is 46.6 Å². The average Bonchev–Trinajstić information content (AvgIpc) is 2.60. The first kappa shape index (κ1) is 25.3. The maximum Gasteiger partial charge on any atom is 0.328 e. The van der Waals surface area contributed by atoms with Crippen molar-refractivity contribution in [2.75, 3.05) is 18.8 Å². The van der Waals surface area contributed by atoms with Crippen LogP contribution in [0, 0.1) is 0 Å². The number of benzene rings is 1. The summed E-state index contributed by atoms with van der Waals surface area (Å²) >= 11 is 7.08. The van der Waals surface area contributed by atoms with Crippen LogP contribution < -0.4 is 5.32 Å². The van der Waals surface area contributed by atoms with Gasteiger partial charge in [0.2, 0.25) is 0 Å². The van der Waals surface area contributed by atoms with Crippen LogP contribution in [0.5, 0.6) is 0 Å². The number of amides is 2. The van der Waals surface area contributed by atoms with E-state index < -0.39 is 17.6 Å². The zero-order valence-corrected chi connectivity index (χ0v) is 19.4. The number of carbonyl (C=O) groups is 3. The maximum absolute atomic E-state index is 12.7. The summed E-state index contributed by atoms with van der Waals surface area (Å²) in [6.45, 7) is 9.36. The number of nitrogens with one attached hydrogen (secondary N) is 1. The normalized spacial score (nSPS) is 12.2. The summed E-state index contributed by atoms with van der Waals surface area (Å²) in [7, 11) is 0. The van der Waals surface area contributed by atoms with Gasteiger partial charge in [0.05, 0.1) is 0 Å². The van der Waals surface area contributed by atoms with E-state index in [0.29, 0.717) is 23.9 Å². The summed E-state index contributed by atoms with van der Waals surface area (Å²) in [5, 5.41) is 3.39. The molecule has 0 aliphatic heterocycles.